The van der Waals surface area contributed by atoms with Gasteiger partial charge < -0.3 is 9.67 Å². The summed E-state index contributed by atoms with van der Waals surface area (Å²) in [6.45, 7) is 4.01. The van der Waals surface area contributed by atoms with Crippen LogP contribution in [0.2, 0.25) is 0 Å². The Morgan fingerprint density at radius 3 is 2.83 bits per heavy atom. The molecule has 1 N–H and O–H groups in total. The summed E-state index contributed by atoms with van der Waals surface area (Å²) < 4.78 is 1.81. The molecule has 66 valence electrons. The van der Waals surface area contributed by atoms with Crippen molar-refractivity contribution in [2.24, 2.45) is 0 Å². The number of nitrogens with zero attached hydrogens (tertiary/aromatic N) is 1. The van der Waals surface area contributed by atoms with Gasteiger partial charge in [-0.3, -0.25) is 4.79 Å². The summed E-state index contributed by atoms with van der Waals surface area (Å²) in [5, 5.41) is 9.07. The lowest BCUT2D eigenvalue weighted by molar-refractivity contribution is 0.173. The number of pyridine rings is 1. The smallest absolute Gasteiger partial charge is 0.184 e. The second kappa shape index (κ2) is 3.54. The molecule has 0 saturated carbocycles. The molecule has 12 heavy (non-hydrogen) atoms. The van der Waals surface area contributed by atoms with Crippen LogP contribution in [-0.4, -0.2) is 15.8 Å². The topological polar surface area (TPSA) is 42.2 Å². The van der Waals surface area contributed by atoms with Crippen LogP contribution in [0.15, 0.2) is 23.3 Å². The van der Waals surface area contributed by atoms with E-state index in [1.165, 1.54) is 6.07 Å². The third-order valence-electron chi connectivity index (χ3n) is 1.64. The van der Waals surface area contributed by atoms with Crippen molar-refractivity contribution >= 4 is 0 Å². The Morgan fingerprint density at radius 2 is 2.33 bits per heavy atom. The van der Waals surface area contributed by atoms with E-state index in [2.05, 4.69) is 0 Å². The molecule has 1 aromatic heterocycles. The second-order valence-corrected chi connectivity index (χ2v) is 3.04. The number of aliphatic hydroxyl groups excluding tert-OH is 1. The van der Waals surface area contributed by atoms with Gasteiger partial charge in [0.25, 0.3) is 0 Å². The zero-order valence-corrected chi connectivity index (χ0v) is 7.32. The summed E-state index contributed by atoms with van der Waals surface area (Å²) >= 11 is 0. The lowest BCUT2D eigenvalue weighted by Crippen LogP contribution is -2.15. The van der Waals surface area contributed by atoms with E-state index in [-0.39, 0.29) is 11.5 Å². The van der Waals surface area contributed by atoms with Gasteiger partial charge in [-0.15, -0.1) is 0 Å². The third-order valence-corrected chi connectivity index (χ3v) is 1.64. The second-order valence-electron chi connectivity index (χ2n) is 3.04. The number of aromatic nitrogens is 1. The van der Waals surface area contributed by atoms with Crippen molar-refractivity contribution in [3.8, 4) is 0 Å². The Bertz CT molecular complexity index is 315. The summed E-state index contributed by atoms with van der Waals surface area (Å²) in [6.07, 6.45) is 3.05. The highest BCUT2D eigenvalue weighted by molar-refractivity contribution is 5.07. The maximum atomic E-state index is 11.0. The highest BCUT2D eigenvalue weighted by Crippen LogP contribution is 1.93. The van der Waals surface area contributed by atoms with E-state index < -0.39 is 0 Å². The van der Waals surface area contributed by atoms with Crippen LogP contribution in [0.5, 0.6) is 0 Å². The maximum Gasteiger partial charge on any atom is 0.184 e. The molecule has 3 heteroatoms. The van der Waals surface area contributed by atoms with Crippen molar-refractivity contribution in [3.63, 3.8) is 0 Å². The number of aryl methyl sites for hydroxylation is 1. The van der Waals surface area contributed by atoms with Crippen LogP contribution < -0.4 is 5.43 Å². The first-order chi connectivity index (χ1) is 5.59. The van der Waals surface area contributed by atoms with Crippen LogP contribution in [0, 0.1) is 6.92 Å². The minimum absolute atomic E-state index is 0.0387. The Kier molecular flexibility index (Phi) is 2.65. The largest absolute Gasteiger partial charge is 0.392 e. The van der Waals surface area contributed by atoms with Crippen molar-refractivity contribution < 1.29 is 5.11 Å². The quantitative estimate of drug-likeness (QED) is 0.698. The molecule has 1 aromatic rings. The van der Waals surface area contributed by atoms with Gasteiger partial charge in [-0.2, -0.15) is 0 Å². The zero-order valence-electron chi connectivity index (χ0n) is 7.32. The van der Waals surface area contributed by atoms with Crippen molar-refractivity contribution in [2.75, 3.05) is 0 Å². The Hall–Kier alpha value is -1.09. The van der Waals surface area contributed by atoms with E-state index in [4.69, 9.17) is 5.11 Å². The molecule has 0 aliphatic rings. The summed E-state index contributed by atoms with van der Waals surface area (Å²) in [5.74, 6) is 0. The number of hydrogen-bond donors (Lipinski definition) is 1. The van der Waals surface area contributed by atoms with Gasteiger partial charge in [0.1, 0.15) is 0 Å². The molecular weight excluding hydrogens is 154 g/mol. The molecule has 0 fully saturated rings. The zero-order chi connectivity index (χ0) is 9.14. The number of aliphatic hydroxyl groups is 1. The van der Waals surface area contributed by atoms with Crippen LogP contribution >= 0.6 is 0 Å². The lowest BCUT2D eigenvalue weighted by atomic mass is 10.3. The molecule has 1 rings (SSSR count). The molecule has 0 saturated heterocycles. The number of rotatable bonds is 2. The normalized spacial score (nSPS) is 12.9. The molecule has 0 aromatic carbocycles. The molecule has 3 nitrogen and oxygen atoms in total. The van der Waals surface area contributed by atoms with Crippen molar-refractivity contribution in [3.05, 3.63) is 34.2 Å². The van der Waals surface area contributed by atoms with Gasteiger partial charge >= 0.3 is 0 Å². The van der Waals surface area contributed by atoms with Crippen LogP contribution in [-0.2, 0) is 6.54 Å². The third kappa shape index (κ3) is 2.20. The SMILES string of the molecule is Cc1cn(C[C@H](C)O)ccc1=O. The number of hydrogen-bond acceptors (Lipinski definition) is 2. The minimum Gasteiger partial charge on any atom is -0.392 e. The summed E-state index contributed by atoms with van der Waals surface area (Å²) in [5.41, 5.74) is 0.745. The molecule has 0 unspecified atom stereocenters. The van der Waals surface area contributed by atoms with Crippen LogP contribution in [0.1, 0.15) is 12.5 Å². The van der Waals surface area contributed by atoms with Gasteiger partial charge in [0.15, 0.2) is 5.43 Å². The van der Waals surface area contributed by atoms with Gasteiger partial charge in [-0.25, -0.2) is 0 Å². The molecule has 1 atom stereocenters. The van der Waals surface area contributed by atoms with Crippen molar-refractivity contribution in [1.29, 1.82) is 0 Å². The van der Waals surface area contributed by atoms with E-state index in [0.29, 0.717) is 12.1 Å². The van der Waals surface area contributed by atoms with Crippen LogP contribution in [0.4, 0.5) is 0 Å². The average molecular weight is 167 g/mol. The molecule has 0 aliphatic heterocycles. The van der Waals surface area contributed by atoms with E-state index in [9.17, 15) is 4.79 Å². The fourth-order valence-electron chi connectivity index (χ4n) is 1.07. The van der Waals surface area contributed by atoms with Gasteiger partial charge in [-0.1, -0.05) is 0 Å². The monoisotopic (exact) mass is 167 g/mol. The van der Waals surface area contributed by atoms with E-state index in [1.807, 2.05) is 0 Å². The van der Waals surface area contributed by atoms with E-state index in [0.717, 1.165) is 0 Å². The summed E-state index contributed by atoms with van der Waals surface area (Å²) in [4.78, 5) is 11.0. The highest BCUT2D eigenvalue weighted by atomic mass is 16.3. The molecule has 0 spiro atoms. The van der Waals surface area contributed by atoms with E-state index in [1.54, 1.807) is 30.8 Å². The average Bonchev–Trinajstić information content (AvgIpc) is 1.96. The molecule has 0 bridgehead atoms. The summed E-state index contributed by atoms with van der Waals surface area (Å²) in [6, 6.07) is 1.51. The fraction of sp³-hybridized carbons (Fsp3) is 0.444. The van der Waals surface area contributed by atoms with Crippen molar-refractivity contribution in [1.82, 2.24) is 4.57 Å². The first-order valence-corrected chi connectivity index (χ1v) is 3.94. The predicted octanol–water partition coefficient (Wildman–Crippen LogP) is 0.538. The van der Waals surface area contributed by atoms with Gasteiger partial charge in [-0.05, 0) is 13.8 Å². The molecule has 1 heterocycles. The molecular formula is C9H13NO2. The Labute approximate surface area is 71.3 Å². The van der Waals surface area contributed by atoms with Crippen LogP contribution in [0.25, 0.3) is 0 Å². The molecule has 0 aliphatic carbocycles. The Balaban J connectivity index is 2.90. The standard InChI is InChI=1S/C9H13NO2/c1-7-5-10(6-8(2)11)4-3-9(7)12/h3-5,8,11H,6H2,1-2H3/t8-/m0/s1. The fourth-order valence-corrected chi connectivity index (χ4v) is 1.07. The molecule has 0 radical (unpaired) electrons. The lowest BCUT2D eigenvalue weighted by Gasteiger charge is -2.08. The van der Waals surface area contributed by atoms with Gasteiger partial charge in [0.05, 0.1) is 6.10 Å². The highest BCUT2D eigenvalue weighted by Gasteiger charge is 1.97. The summed E-state index contributed by atoms with van der Waals surface area (Å²) in [7, 11) is 0. The maximum absolute atomic E-state index is 11.0. The van der Waals surface area contributed by atoms with E-state index >= 15 is 0 Å². The first kappa shape index (κ1) is 9.00. The minimum atomic E-state index is -0.382. The van der Waals surface area contributed by atoms with Crippen LogP contribution in [0.3, 0.4) is 0 Å². The predicted molar refractivity (Wildman–Crippen MR) is 47.1 cm³/mol. The van der Waals surface area contributed by atoms with Gasteiger partial charge in [0, 0.05) is 30.6 Å². The molecule has 0 amide bonds. The Morgan fingerprint density at radius 1 is 1.67 bits per heavy atom. The van der Waals surface area contributed by atoms with Crippen molar-refractivity contribution in [2.45, 2.75) is 26.5 Å². The first-order valence-electron chi connectivity index (χ1n) is 3.94. The van der Waals surface area contributed by atoms with Gasteiger partial charge in [0.2, 0.25) is 0 Å².